The molecule has 0 bridgehead atoms. The van der Waals surface area contributed by atoms with E-state index < -0.39 is 0 Å². The van der Waals surface area contributed by atoms with Gasteiger partial charge in [0, 0.05) is 12.5 Å². The molecule has 96 valence electrons. The highest BCUT2D eigenvalue weighted by molar-refractivity contribution is 5.20. The maximum absolute atomic E-state index is 13.4. The molecule has 0 aliphatic heterocycles. The summed E-state index contributed by atoms with van der Waals surface area (Å²) in [5, 5.41) is 3.84. The number of nitrogens with zero attached hydrogens (tertiary/aromatic N) is 2. The molecule has 0 spiro atoms. The number of nitrogens with two attached hydrogens (primary N) is 1. The molecule has 0 aliphatic rings. The van der Waals surface area contributed by atoms with E-state index in [4.69, 9.17) is 10.3 Å². The Hall–Kier alpha value is -1.75. The van der Waals surface area contributed by atoms with Gasteiger partial charge in [0.15, 0.2) is 5.82 Å². The Morgan fingerprint density at radius 3 is 2.89 bits per heavy atom. The number of aromatic nitrogens is 2. The maximum atomic E-state index is 13.4. The van der Waals surface area contributed by atoms with Gasteiger partial charge in [0.1, 0.15) is 5.82 Å². The van der Waals surface area contributed by atoms with Crippen LogP contribution in [0.15, 0.2) is 28.8 Å². The first-order valence-electron chi connectivity index (χ1n) is 5.99. The van der Waals surface area contributed by atoms with Crippen molar-refractivity contribution in [1.29, 1.82) is 0 Å². The second kappa shape index (κ2) is 5.73. The molecule has 2 aromatic rings. The topological polar surface area (TPSA) is 64.9 Å². The first-order valence-corrected chi connectivity index (χ1v) is 5.99. The molecule has 0 radical (unpaired) electrons. The Bertz CT molecular complexity index is 512. The van der Waals surface area contributed by atoms with Gasteiger partial charge in [-0.05, 0) is 18.1 Å². The maximum Gasteiger partial charge on any atom is 0.231 e. The Morgan fingerprint density at radius 2 is 2.17 bits per heavy atom. The second-order valence-corrected chi connectivity index (χ2v) is 4.24. The van der Waals surface area contributed by atoms with Crippen LogP contribution in [0.4, 0.5) is 4.39 Å². The summed E-state index contributed by atoms with van der Waals surface area (Å²) < 4.78 is 18.5. The van der Waals surface area contributed by atoms with Crippen molar-refractivity contribution in [2.75, 3.05) is 0 Å². The van der Waals surface area contributed by atoms with E-state index in [-0.39, 0.29) is 11.9 Å². The largest absolute Gasteiger partial charge is 0.339 e. The van der Waals surface area contributed by atoms with Crippen LogP contribution in [0, 0.1) is 5.82 Å². The number of rotatable bonds is 5. The smallest absolute Gasteiger partial charge is 0.231 e. The lowest BCUT2D eigenvalue weighted by Crippen LogP contribution is -2.22. The predicted octanol–water partition coefficient (Wildman–Crippen LogP) is 2.08. The van der Waals surface area contributed by atoms with Crippen molar-refractivity contribution in [3.8, 4) is 0 Å². The van der Waals surface area contributed by atoms with Gasteiger partial charge in [0.2, 0.25) is 5.89 Å². The van der Waals surface area contributed by atoms with Crippen molar-refractivity contribution in [2.24, 2.45) is 5.73 Å². The summed E-state index contributed by atoms with van der Waals surface area (Å²) in [6.45, 7) is 2.00. The minimum atomic E-state index is -0.262. The van der Waals surface area contributed by atoms with Crippen molar-refractivity contribution < 1.29 is 8.91 Å². The number of halogens is 1. The van der Waals surface area contributed by atoms with E-state index in [1.807, 2.05) is 6.92 Å². The van der Waals surface area contributed by atoms with Gasteiger partial charge in [-0.2, -0.15) is 4.98 Å². The molecule has 4 nitrogen and oxygen atoms in total. The zero-order valence-electron chi connectivity index (χ0n) is 10.3. The van der Waals surface area contributed by atoms with Crippen LogP contribution in [0.25, 0.3) is 0 Å². The average molecular weight is 249 g/mol. The van der Waals surface area contributed by atoms with E-state index in [0.29, 0.717) is 30.1 Å². The highest BCUT2D eigenvalue weighted by atomic mass is 19.1. The van der Waals surface area contributed by atoms with Gasteiger partial charge in [0.05, 0.1) is 6.42 Å². The van der Waals surface area contributed by atoms with Gasteiger partial charge >= 0.3 is 0 Å². The highest BCUT2D eigenvalue weighted by Crippen LogP contribution is 2.12. The zero-order valence-corrected chi connectivity index (χ0v) is 10.3. The van der Waals surface area contributed by atoms with Crippen LogP contribution in [-0.2, 0) is 12.8 Å². The molecule has 1 heterocycles. The first-order chi connectivity index (χ1) is 8.69. The SMILES string of the molecule is CCC(N)Cc1noc(Cc2ccccc2F)n1. The molecule has 1 aromatic carbocycles. The minimum Gasteiger partial charge on any atom is -0.339 e. The van der Waals surface area contributed by atoms with Crippen molar-refractivity contribution in [3.05, 3.63) is 47.4 Å². The Morgan fingerprint density at radius 1 is 1.39 bits per heavy atom. The summed E-state index contributed by atoms with van der Waals surface area (Å²) >= 11 is 0. The van der Waals surface area contributed by atoms with Crippen LogP contribution in [0.5, 0.6) is 0 Å². The molecule has 0 aliphatic carbocycles. The van der Waals surface area contributed by atoms with Crippen LogP contribution in [0.3, 0.4) is 0 Å². The average Bonchev–Trinajstić information content (AvgIpc) is 2.79. The van der Waals surface area contributed by atoms with Gasteiger partial charge in [-0.3, -0.25) is 0 Å². The summed E-state index contributed by atoms with van der Waals surface area (Å²) in [5.74, 6) is 0.733. The summed E-state index contributed by atoms with van der Waals surface area (Å²) in [4.78, 5) is 4.21. The van der Waals surface area contributed by atoms with Gasteiger partial charge in [-0.25, -0.2) is 4.39 Å². The minimum absolute atomic E-state index is 0.0314. The van der Waals surface area contributed by atoms with E-state index in [1.165, 1.54) is 6.07 Å². The molecule has 1 aromatic heterocycles. The van der Waals surface area contributed by atoms with Gasteiger partial charge < -0.3 is 10.3 Å². The summed E-state index contributed by atoms with van der Waals surface area (Å²) in [7, 11) is 0. The van der Waals surface area contributed by atoms with E-state index in [9.17, 15) is 4.39 Å². The van der Waals surface area contributed by atoms with Crippen molar-refractivity contribution in [3.63, 3.8) is 0 Å². The lowest BCUT2D eigenvalue weighted by Gasteiger charge is -2.02. The third kappa shape index (κ3) is 3.13. The monoisotopic (exact) mass is 249 g/mol. The molecule has 0 saturated carbocycles. The van der Waals surface area contributed by atoms with Crippen LogP contribution in [0.2, 0.25) is 0 Å². The molecule has 5 heteroatoms. The highest BCUT2D eigenvalue weighted by Gasteiger charge is 2.11. The fourth-order valence-corrected chi connectivity index (χ4v) is 1.63. The number of hydrogen-bond acceptors (Lipinski definition) is 4. The summed E-state index contributed by atoms with van der Waals surface area (Å²) in [6, 6.07) is 6.58. The Labute approximate surface area is 105 Å². The van der Waals surface area contributed by atoms with Crippen molar-refractivity contribution in [2.45, 2.75) is 32.2 Å². The standard InChI is InChI=1S/C13H16FN3O/c1-2-10(15)8-12-16-13(18-17-12)7-9-5-3-4-6-11(9)14/h3-6,10H,2,7-8,15H2,1H3. The molecule has 2 N–H and O–H groups in total. The van der Waals surface area contributed by atoms with Gasteiger partial charge in [0.25, 0.3) is 0 Å². The molecule has 0 fully saturated rings. The lowest BCUT2D eigenvalue weighted by atomic mass is 10.1. The quantitative estimate of drug-likeness (QED) is 0.881. The first kappa shape index (κ1) is 12.7. The summed E-state index contributed by atoms with van der Waals surface area (Å²) in [5.41, 5.74) is 6.36. The molecule has 0 saturated heterocycles. The van der Waals surface area contributed by atoms with Crippen molar-refractivity contribution >= 4 is 0 Å². The zero-order chi connectivity index (χ0) is 13.0. The molecular formula is C13H16FN3O. The van der Waals surface area contributed by atoms with Crippen LogP contribution >= 0.6 is 0 Å². The normalized spacial score (nSPS) is 12.6. The number of benzene rings is 1. The molecule has 18 heavy (non-hydrogen) atoms. The van der Waals surface area contributed by atoms with E-state index in [0.717, 1.165) is 6.42 Å². The Kier molecular flexibility index (Phi) is 4.04. The molecule has 0 amide bonds. The lowest BCUT2D eigenvalue weighted by molar-refractivity contribution is 0.376. The van der Waals surface area contributed by atoms with E-state index in [1.54, 1.807) is 18.2 Å². The van der Waals surface area contributed by atoms with E-state index >= 15 is 0 Å². The molecule has 1 atom stereocenters. The van der Waals surface area contributed by atoms with Crippen molar-refractivity contribution in [1.82, 2.24) is 10.1 Å². The molecule has 1 unspecified atom stereocenters. The second-order valence-electron chi connectivity index (χ2n) is 4.24. The van der Waals surface area contributed by atoms with Crippen LogP contribution in [-0.4, -0.2) is 16.2 Å². The third-order valence-electron chi connectivity index (χ3n) is 2.78. The predicted molar refractivity (Wildman–Crippen MR) is 65.5 cm³/mol. The fraction of sp³-hybridized carbons (Fsp3) is 0.385. The van der Waals surface area contributed by atoms with Crippen LogP contribution in [0.1, 0.15) is 30.6 Å². The van der Waals surface area contributed by atoms with Gasteiger partial charge in [-0.1, -0.05) is 30.3 Å². The van der Waals surface area contributed by atoms with Gasteiger partial charge in [-0.15, -0.1) is 0 Å². The van der Waals surface area contributed by atoms with E-state index in [2.05, 4.69) is 10.1 Å². The molecular weight excluding hydrogens is 233 g/mol. The summed E-state index contributed by atoms with van der Waals surface area (Å²) in [6.07, 6.45) is 1.75. The molecule has 2 rings (SSSR count). The Balaban J connectivity index is 2.05. The number of hydrogen-bond donors (Lipinski definition) is 1. The third-order valence-corrected chi connectivity index (χ3v) is 2.78. The fourth-order valence-electron chi connectivity index (χ4n) is 1.63. The van der Waals surface area contributed by atoms with Crippen LogP contribution < -0.4 is 5.73 Å².